The van der Waals surface area contributed by atoms with Crippen LogP contribution in [-0.2, 0) is 10.0 Å². The van der Waals surface area contributed by atoms with Crippen LogP contribution in [0.25, 0.3) is 0 Å². The molecule has 0 aliphatic carbocycles. The highest BCUT2D eigenvalue weighted by Gasteiger charge is 2.24. The zero-order valence-electron chi connectivity index (χ0n) is 16.3. The Morgan fingerprint density at radius 1 is 1.00 bits per heavy atom. The van der Waals surface area contributed by atoms with Crippen LogP contribution in [0.5, 0.6) is 0 Å². The summed E-state index contributed by atoms with van der Waals surface area (Å²) < 4.78 is 52.8. The van der Waals surface area contributed by atoms with Crippen molar-refractivity contribution in [3.05, 3.63) is 53.6 Å². The molecule has 1 aliphatic rings. The van der Waals surface area contributed by atoms with Gasteiger partial charge in [-0.15, -0.1) is 0 Å². The van der Waals surface area contributed by atoms with Crippen molar-refractivity contribution in [2.75, 3.05) is 37.4 Å². The molecule has 0 aromatic heterocycles. The molecule has 156 valence electrons. The van der Waals surface area contributed by atoms with Gasteiger partial charge in [-0.2, -0.15) is 0 Å². The van der Waals surface area contributed by atoms with Gasteiger partial charge in [-0.05, 0) is 49.6 Å². The predicted molar refractivity (Wildman–Crippen MR) is 108 cm³/mol. The molecule has 29 heavy (non-hydrogen) atoms. The highest BCUT2D eigenvalue weighted by Crippen LogP contribution is 2.28. The minimum absolute atomic E-state index is 0.0151. The molecule has 1 fully saturated rings. The van der Waals surface area contributed by atoms with Crippen LogP contribution in [0.4, 0.5) is 20.2 Å². The number of rotatable bonds is 5. The van der Waals surface area contributed by atoms with Gasteiger partial charge in [-0.25, -0.2) is 21.5 Å². The summed E-state index contributed by atoms with van der Waals surface area (Å²) in [5.41, 5.74) is 0.862. The number of sulfonamides is 1. The number of carbonyl (C=O) groups excluding carboxylic acids is 1. The molecule has 0 atom stereocenters. The van der Waals surface area contributed by atoms with Crippen LogP contribution in [0.3, 0.4) is 0 Å². The average molecular weight is 423 g/mol. The Bertz CT molecular complexity index is 1020. The third kappa shape index (κ3) is 4.56. The first kappa shape index (κ1) is 21.2. The van der Waals surface area contributed by atoms with E-state index in [-0.39, 0.29) is 16.1 Å². The molecule has 9 heteroatoms. The van der Waals surface area contributed by atoms with Gasteiger partial charge in [0.05, 0.1) is 10.5 Å². The van der Waals surface area contributed by atoms with Crippen molar-refractivity contribution < 1.29 is 22.0 Å². The summed E-state index contributed by atoms with van der Waals surface area (Å²) in [5.74, 6) is -2.69. The molecule has 0 unspecified atom stereocenters. The number of nitrogens with zero attached hydrogens (tertiary/aromatic N) is 2. The van der Waals surface area contributed by atoms with Gasteiger partial charge < -0.3 is 10.2 Å². The molecule has 0 bridgehead atoms. The van der Waals surface area contributed by atoms with Crippen molar-refractivity contribution in [2.45, 2.75) is 24.2 Å². The molecular formula is C20H23F2N3O3S. The number of nitrogens with one attached hydrogen (secondary N) is 1. The van der Waals surface area contributed by atoms with E-state index >= 15 is 0 Å². The number of anilines is 2. The monoisotopic (exact) mass is 423 g/mol. The van der Waals surface area contributed by atoms with Crippen LogP contribution in [0.15, 0.2) is 41.3 Å². The average Bonchev–Trinajstić information content (AvgIpc) is 2.70. The van der Waals surface area contributed by atoms with E-state index in [1.54, 1.807) is 6.07 Å². The summed E-state index contributed by atoms with van der Waals surface area (Å²) in [6, 6.07) is 7.49. The molecule has 0 spiro atoms. The van der Waals surface area contributed by atoms with Crippen molar-refractivity contribution in [1.29, 1.82) is 0 Å². The van der Waals surface area contributed by atoms with Crippen LogP contribution in [0, 0.1) is 11.6 Å². The van der Waals surface area contributed by atoms with E-state index in [0.717, 1.165) is 48.8 Å². The quantitative estimate of drug-likeness (QED) is 0.800. The molecule has 0 saturated carbocycles. The molecule has 2 aromatic rings. The lowest BCUT2D eigenvalue weighted by Gasteiger charge is -2.30. The minimum Gasteiger partial charge on any atom is -0.371 e. The molecule has 1 aliphatic heterocycles. The van der Waals surface area contributed by atoms with E-state index in [1.165, 1.54) is 32.3 Å². The topological polar surface area (TPSA) is 69.7 Å². The first-order valence-electron chi connectivity index (χ1n) is 9.28. The summed E-state index contributed by atoms with van der Waals surface area (Å²) in [5, 5.41) is 2.53. The molecule has 0 radical (unpaired) electrons. The second-order valence-corrected chi connectivity index (χ2v) is 9.25. The Morgan fingerprint density at radius 3 is 2.31 bits per heavy atom. The number of hydrogen-bond donors (Lipinski definition) is 1. The Hall–Kier alpha value is -2.52. The largest absolute Gasteiger partial charge is 0.371 e. The molecule has 1 amide bonds. The van der Waals surface area contributed by atoms with E-state index in [9.17, 15) is 22.0 Å². The van der Waals surface area contributed by atoms with E-state index < -0.39 is 27.6 Å². The number of piperidine rings is 1. The number of hydrogen-bond acceptors (Lipinski definition) is 4. The van der Waals surface area contributed by atoms with Crippen LogP contribution < -0.4 is 10.2 Å². The zero-order chi connectivity index (χ0) is 21.2. The highest BCUT2D eigenvalue weighted by atomic mass is 32.2. The third-order valence-electron chi connectivity index (χ3n) is 4.87. The van der Waals surface area contributed by atoms with Crippen molar-refractivity contribution in [2.24, 2.45) is 0 Å². The van der Waals surface area contributed by atoms with Gasteiger partial charge in [-0.1, -0.05) is 0 Å². The van der Waals surface area contributed by atoms with E-state index in [4.69, 9.17) is 0 Å². The SMILES string of the molecule is CN(C)S(=O)(=O)c1ccc(N2CCCCC2)c(C(=O)Nc2ccc(F)c(F)c2)c1. The summed E-state index contributed by atoms with van der Waals surface area (Å²) in [7, 11) is -0.917. The third-order valence-corrected chi connectivity index (χ3v) is 6.68. The molecule has 1 N–H and O–H groups in total. The van der Waals surface area contributed by atoms with Crippen LogP contribution in [-0.4, -0.2) is 45.8 Å². The molecule has 1 heterocycles. The van der Waals surface area contributed by atoms with Crippen LogP contribution >= 0.6 is 0 Å². The molecule has 1 saturated heterocycles. The number of halogens is 2. The summed E-state index contributed by atoms with van der Waals surface area (Å²) in [6.07, 6.45) is 3.05. The summed E-state index contributed by atoms with van der Waals surface area (Å²) in [6.45, 7) is 1.51. The lowest BCUT2D eigenvalue weighted by Crippen LogP contribution is -2.32. The first-order valence-corrected chi connectivity index (χ1v) is 10.7. The number of benzene rings is 2. The van der Waals surface area contributed by atoms with Crippen molar-refractivity contribution in [1.82, 2.24) is 4.31 Å². The van der Waals surface area contributed by atoms with E-state index in [2.05, 4.69) is 5.32 Å². The predicted octanol–water partition coefficient (Wildman–Crippen LogP) is 3.46. The van der Waals surface area contributed by atoms with Crippen molar-refractivity contribution in [3.8, 4) is 0 Å². The Kier molecular flexibility index (Phi) is 6.18. The lowest BCUT2D eigenvalue weighted by atomic mass is 10.1. The minimum atomic E-state index is -3.74. The van der Waals surface area contributed by atoms with E-state index in [1.807, 2.05) is 4.90 Å². The summed E-state index contributed by atoms with van der Waals surface area (Å²) >= 11 is 0. The van der Waals surface area contributed by atoms with E-state index in [0.29, 0.717) is 5.69 Å². The standard InChI is InChI=1S/C20H23F2N3O3S/c1-24(2)29(27,28)15-7-9-19(25-10-4-3-5-11-25)16(13-15)20(26)23-14-6-8-17(21)18(22)12-14/h6-9,12-13H,3-5,10-11H2,1-2H3,(H,23,26). The lowest BCUT2D eigenvalue weighted by molar-refractivity contribution is 0.102. The fraction of sp³-hybridized carbons (Fsp3) is 0.350. The van der Waals surface area contributed by atoms with Gasteiger partial charge in [0.2, 0.25) is 10.0 Å². The second-order valence-electron chi connectivity index (χ2n) is 7.10. The Balaban J connectivity index is 2.02. The molecular weight excluding hydrogens is 400 g/mol. The van der Waals surface area contributed by atoms with Crippen LogP contribution in [0.1, 0.15) is 29.6 Å². The molecule has 3 rings (SSSR count). The summed E-state index contributed by atoms with van der Waals surface area (Å²) in [4.78, 5) is 15.0. The highest BCUT2D eigenvalue weighted by molar-refractivity contribution is 7.89. The van der Waals surface area contributed by atoms with Gasteiger partial charge in [0.15, 0.2) is 11.6 Å². The maximum Gasteiger partial charge on any atom is 0.257 e. The fourth-order valence-corrected chi connectivity index (χ4v) is 4.18. The maximum absolute atomic E-state index is 13.5. The van der Waals surface area contributed by atoms with Gasteiger partial charge in [0.25, 0.3) is 5.91 Å². The van der Waals surface area contributed by atoms with Crippen molar-refractivity contribution >= 4 is 27.3 Å². The maximum atomic E-state index is 13.5. The van der Waals surface area contributed by atoms with Gasteiger partial charge in [-0.3, -0.25) is 4.79 Å². The smallest absolute Gasteiger partial charge is 0.257 e. The Morgan fingerprint density at radius 2 is 1.69 bits per heavy atom. The molecule has 6 nitrogen and oxygen atoms in total. The normalized spacial score (nSPS) is 14.9. The number of carbonyl (C=O) groups is 1. The van der Waals surface area contributed by atoms with Crippen LogP contribution in [0.2, 0.25) is 0 Å². The second kappa shape index (κ2) is 8.46. The first-order chi connectivity index (χ1) is 13.7. The number of amides is 1. The zero-order valence-corrected chi connectivity index (χ0v) is 17.1. The van der Waals surface area contributed by atoms with Gasteiger partial charge in [0.1, 0.15) is 0 Å². The van der Waals surface area contributed by atoms with Gasteiger partial charge in [0, 0.05) is 44.6 Å². The fourth-order valence-electron chi connectivity index (χ4n) is 3.25. The Labute approximate surface area is 169 Å². The van der Waals surface area contributed by atoms with Crippen molar-refractivity contribution in [3.63, 3.8) is 0 Å². The molecule has 2 aromatic carbocycles. The van der Waals surface area contributed by atoms with Gasteiger partial charge >= 0.3 is 0 Å².